The molecule has 0 aliphatic carbocycles. The summed E-state index contributed by atoms with van der Waals surface area (Å²) in [6, 6.07) is 17.7. The molecule has 0 unspecified atom stereocenters. The highest BCUT2D eigenvalue weighted by molar-refractivity contribution is 5.60. The summed E-state index contributed by atoms with van der Waals surface area (Å²) in [5, 5.41) is 6.52. The second-order valence-electron chi connectivity index (χ2n) is 5.56. The first-order valence-corrected chi connectivity index (χ1v) is 7.73. The third kappa shape index (κ3) is 4.01. The van der Waals surface area contributed by atoms with Crippen LogP contribution in [0.15, 0.2) is 54.6 Å². The van der Waals surface area contributed by atoms with E-state index in [0.717, 1.165) is 28.6 Å². The molecule has 3 rings (SSSR count). The molecule has 0 fully saturated rings. The van der Waals surface area contributed by atoms with E-state index in [-0.39, 0.29) is 0 Å². The third-order valence-corrected chi connectivity index (χ3v) is 3.52. The molecule has 0 aliphatic rings. The predicted molar refractivity (Wildman–Crippen MR) is 97.5 cm³/mol. The number of aryl methyl sites for hydroxylation is 2. The van der Waals surface area contributed by atoms with Crippen LogP contribution in [0.3, 0.4) is 0 Å². The van der Waals surface area contributed by atoms with Crippen molar-refractivity contribution in [2.24, 2.45) is 0 Å². The molecule has 0 bridgehead atoms. The van der Waals surface area contributed by atoms with Gasteiger partial charge in [0, 0.05) is 23.1 Å². The minimum Gasteiger partial charge on any atom is -0.497 e. The highest BCUT2D eigenvalue weighted by Gasteiger charge is 2.04. The normalized spacial score (nSPS) is 10.3. The third-order valence-electron chi connectivity index (χ3n) is 3.52. The van der Waals surface area contributed by atoms with E-state index in [1.54, 1.807) is 7.11 Å². The average molecular weight is 320 g/mol. The molecule has 0 amide bonds. The van der Waals surface area contributed by atoms with Crippen molar-refractivity contribution in [1.82, 2.24) is 9.97 Å². The Bertz CT molecular complexity index is 814. The lowest BCUT2D eigenvalue weighted by Gasteiger charge is -2.10. The minimum atomic E-state index is 0.551. The summed E-state index contributed by atoms with van der Waals surface area (Å²) in [4.78, 5) is 8.96. The fraction of sp³-hybridized carbons (Fsp3) is 0.158. The maximum Gasteiger partial charge on any atom is 0.229 e. The van der Waals surface area contributed by atoms with Gasteiger partial charge in [-0.2, -0.15) is 4.98 Å². The Balaban J connectivity index is 1.78. The van der Waals surface area contributed by atoms with Crippen molar-refractivity contribution >= 4 is 23.1 Å². The molecule has 0 aliphatic heterocycles. The summed E-state index contributed by atoms with van der Waals surface area (Å²) in [5.74, 6) is 2.12. The van der Waals surface area contributed by atoms with Gasteiger partial charge in [-0.05, 0) is 50.2 Å². The number of hydrogen-bond donors (Lipinski definition) is 2. The van der Waals surface area contributed by atoms with Crippen LogP contribution in [-0.2, 0) is 0 Å². The van der Waals surface area contributed by atoms with Crippen molar-refractivity contribution in [2.75, 3.05) is 17.7 Å². The van der Waals surface area contributed by atoms with Crippen LogP contribution in [0.2, 0.25) is 0 Å². The number of ether oxygens (including phenoxy) is 1. The number of nitrogens with one attached hydrogen (secondary N) is 2. The molecule has 0 saturated heterocycles. The Hall–Kier alpha value is -3.08. The maximum atomic E-state index is 5.16. The summed E-state index contributed by atoms with van der Waals surface area (Å²) in [6.45, 7) is 4.01. The smallest absolute Gasteiger partial charge is 0.229 e. The zero-order chi connectivity index (χ0) is 16.9. The summed E-state index contributed by atoms with van der Waals surface area (Å²) >= 11 is 0. The standard InChI is InChI=1S/C19H20N4O/c1-13-4-6-15(7-5-13)21-18-12-14(2)20-19(23-18)22-16-8-10-17(24-3)11-9-16/h4-12H,1-3H3,(H2,20,21,22,23). The molecule has 0 saturated carbocycles. The molecule has 24 heavy (non-hydrogen) atoms. The van der Waals surface area contributed by atoms with Crippen molar-refractivity contribution in [2.45, 2.75) is 13.8 Å². The summed E-state index contributed by atoms with van der Waals surface area (Å²) in [5.41, 5.74) is 4.01. The Labute approximate surface area is 141 Å². The molecule has 122 valence electrons. The van der Waals surface area contributed by atoms with Crippen LogP contribution in [0.1, 0.15) is 11.3 Å². The van der Waals surface area contributed by atoms with Gasteiger partial charge in [-0.1, -0.05) is 17.7 Å². The quantitative estimate of drug-likeness (QED) is 0.720. The van der Waals surface area contributed by atoms with Crippen LogP contribution in [0.4, 0.5) is 23.1 Å². The van der Waals surface area contributed by atoms with E-state index in [0.29, 0.717) is 5.95 Å². The summed E-state index contributed by atoms with van der Waals surface area (Å²) in [6.07, 6.45) is 0. The number of rotatable bonds is 5. The van der Waals surface area contributed by atoms with Gasteiger partial charge in [0.2, 0.25) is 5.95 Å². The van der Waals surface area contributed by atoms with Gasteiger partial charge in [0.1, 0.15) is 11.6 Å². The first-order valence-electron chi connectivity index (χ1n) is 7.73. The van der Waals surface area contributed by atoms with Crippen molar-refractivity contribution in [1.29, 1.82) is 0 Å². The van der Waals surface area contributed by atoms with Crippen molar-refractivity contribution in [3.8, 4) is 5.75 Å². The zero-order valence-corrected chi connectivity index (χ0v) is 14.0. The van der Waals surface area contributed by atoms with Crippen molar-refractivity contribution in [3.63, 3.8) is 0 Å². The van der Waals surface area contributed by atoms with Gasteiger partial charge in [0.25, 0.3) is 0 Å². The second kappa shape index (κ2) is 7.00. The van der Waals surface area contributed by atoms with E-state index in [1.165, 1.54) is 5.56 Å². The number of nitrogens with zero attached hydrogens (tertiary/aromatic N) is 2. The summed E-state index contributed by atoms with van der Waals surface area (Å²) in [7, 11) is 1.65. The summed E-state index contributed by atoms with van der Waals surface area (Å²) < 4.78 is 5.16. The van der Waals surface area contributed by atoms with Crippen LogP contribution in [0, 0.1) is 13.8 Å². The molecule has 0 atom stereocenters. The van der Waals surface area contributed by atoms with Crippen molar-refractivity contribution < 1.29 is 4.74 Å². The highest BCUT2D eigenvalue weighted by Crippen LogP contribution is 2.21. The van der Waals surface area contributed by atoms with E-state index >= 15 is 0 Å². The first-order chi connectivity index (χ1) is 11.6. The fourth-order valence-corrected chi connectivity index (χ4v) is 2.28. The molecule has 2 N–H and O–H groups in total. The Kier molecular flexibility index (Phi) is 4.61. The topological polar surface area (TPSA) is 59.1 Å². The zero-order valence-electron chi connectivity index (χ0n) is 14.0. The van der Waals surface area contributed by atoms with Crippen LogP contribution in [0.5, 0.6) is 5.75 Å². The van der Waals surface area contributed by atoms with Crippen molar-refractivity contribution in [3.05, 3.63) is 65.9 Å². The number of anilines is 4. The number of aromatic nitrogens is 2. The van der Waals surface area contributed by atoms with Gasteiger partial charge < -0.3 is 15.4 Å². The molecule has 0 radical (unpaired) electrons. The van der Waals surface area contributed by atoms with Crippen LogP contribution < -0.4 is 15.4 Å². The molecule has 0 spiro atoms. The van der Waals surface area contributed by atoms with Crippen LogP contribution >= 0.6 is 0 Å². The minimum absolute atomic E-state index is 0.551. The molecular formula is C19H20N4O. The van der Waals surface area contributed by atoms with E-state index < -0.39 is 0 Å². The van der Waals surface area contributed by atoms with Gasteiger partial charge in [0.05, 0.1) is 7.11 Å². The Morgan fingerprint density at radius 3 is 2.08 bits per heavy atom. The number of benzene rings is 2. The molecule has 1 aromatic heterocycles. The second-order valence-corrected chi connectivity index (χ2v) is 5.56. The van der Waals surface area contributed by atoms with Gasteiger partial charge in [-0.25, -0.2) is 4.98 Å². The van der Waals surface area contributed by atoms with Gasteiger partial charge in [-0.15, -0.1) is 0 Å². The molecule has 1 heterocycles. The Morgan fingerprint density at radius 2 is 1.42 bits per heavy atom. The maximum absolute atomic E-state index is 5.16. The first kappa shape index (κ1) is 15.8. The molecule has 3 aromatic rings. The van der Waals surface area contributed by atoms with E-state index in [1.807, 2.05) is 49.4 Å². The van der Waals surface area contributed by atoms with Gasteiger partial charge >= 0.3 is 0 Å². The Morgan fingerprint density at radius 1 is 0.792 bits per heavy atom. The SMILES string of the molecule is COc1ccc(Nc2nc(C)cc(Nc3ccc(C)cc3)n2)cc1. The lowest BCUT2D eigenvalue weighted by molar-refractivity contribution is 0.415. The van der Waals surface area contributed by atoms with Gasteiger partial charge in [-0.3, -0.25) is 0 Å². The number of methoxy groups -OCH3 is 1. The van der Waals surface area contributed by atoms with E-state index in [9.17, 15) is 0 Å². The fourth-order valence-electron chi connectivity index (χ4n) is 2.28. The van der Waals surface area contributed by atoms with Crippen LogP contribution in [-0.4, -0.2) is 17.1 Å². The monoisotopic (exact) mass is 320 g/mol. The molecule has 5 heteroatoms. The van der Waals surface area contributed by atoms with E-state index in [4.69, 9.17) is 4.74 Å². The number of hydrogen-bond acceptors (Lipinski definition) is 5. The van der Waals surface area contributed by atoms with Crippen LogP contribution in [0.25, 0.3) is 0 Å². The van der Waals surface area contributed by atoms with Gasteiger partial charge in [0.15, 0.2) is 0 Å². The highest BCUT2D eigenvalue weighted by atomic mass is 16.5. The molecule has 2 aromatic carbocycles. The lowest BCUT2D eigenvalue weighted by atomic mass is 10.2. The average Bonchev–Trinajstić information content (AvgIpc) is 2.57. The lowest BCUT2D eigenvalue weighted by Crippen LogP contribution is -2.02. The molecular weight excluding hydrogens is 300 g/mol. The molecule has 5 nitrogen and oxygen atoms in total. The predicted octanol–water partition coefficient (Wildman–Crippen LogP) is 4.59. The largest absolute Gasteiger partial charge is 0.497 e. The van der Waals surface area contributed by atoms with E-state index in [2.05, 4.69) is 39.7 Å².